The number of benzene rings is 2. The Hall–Kier alpha value is -3.94. The van der Waals surface area contributed by atoms with E-state index in [-0.39, 0.29) is 12.5 Å². The molecule has 8 heteroatoms. The second-order valence-electron chi connectivity index (χ2n) is 7.87. The van der Waals surface area contributed by atoms with E-state index in [0.29, 0.717) is 22.8 Å². The molecule has 2 aromatic carbocycles. The molecular weight excluding hydrogens is 408 g/mol. The average molecular weight is 430 g/mol. The third-order valence-corrected chi connectivity index (χ3v) is 5.73. The van der Waals surface area contributed by atoms with Gasteiger partial charge in [-0.05, 0) is 37.1 Å². The van der Waals surface area contributed by atoms with Crippen molar-refractivity contribution in [2.75, 3.05) is 41.4 Å². The van der Waals surface area contributed by atoms with Gasteiger partial charge < -0.3 is 15.0 Å². The number of nitrogens with zero attached hydrogens (tertiary/aromatic N) is 3. The van der Waals surface area contributed by atoms with Gasteiger partial charge >= 0.3 is 5.97 Å². The zero-order valence-corrected chi connectivity index (χ0v) is 17.4. The molecule has 2 aliphatic heterocycles. The van der Waals surface area contributed by atoms with Crippen LogP contribution < -0.4 is 15.1 Å². The molecule has 0 spiro atoms. The molecule has 8 nitrogen and oxygen atoms in total. The number of carbonyl (C=O) groups excluding carboxylic acids is 3. The highest BCUT2D eigenvalue weighted by Crippen LogP contribution is 2.30. The molecule has 162 valence electrons. The lowest BCUT2D eigenvalue weighted by Crippen LogP contribution is -2.44. The van der Waals surface area contributed by atoms with Gasteiger partial charge in [-0.15, -0.1) is 0 Å². The molecule has 2 aliphatic rings. The molecule has 3 heterocycles. The van der Waals surface area contributed by atoms with Crippen LogP contribution in [0.5, 0.6) is 0 Å². The number of hydrogen-bond donors (Lipinski definition) is 1. The van der Waals surface area contributed by atoms with Crippen LogP contribution in [0.1, 0.15) is 23.2 Å². The van der Waals surface area contributed by atoms with E-state index in [1.165, 1.54) is 4.90 Å². The SMILES string of the molecule is O=C1CN(C(=O)COC(=O)c2cc3ccccc3nc2N2CCCC2)c2ccccc2N1. The van der Waals surface area contributed by atoms with Crippen molar-refractivity contribution in [3.05, 3.63) is 60.2 Å². The Balaban J connectivity index is 1.38. The van der Waals surface area contributed by atoms with E-state index in [9.17, 15) is 14.4 Å². The highest BCUT2D eigenvalue weighted by atomic mass is 16.5. The quantitative estimate of drug-likeness (QED) is 0.640. The van der Waals surface area contributed by atoms with Crippen molar-refractivity contribution < 1.29 is 19.1 Å². The number of fused-ring (bicyclic) bond motifs is 2. The molecule has 0 unspecified atom stereocenters. The Morgan fingerprint density at radius 2 is 1.78 bits per heavy atom. The van der Waals surface area contributed by atoms with E-state index < -0.39 is 18.5 Å². The van der Waals surface area contributed by atoms with Gasteiger partial charge in [-0.3, -0.25) is 14.5 Å². The van der Waals surface area contributed by atoms with Crippen molar-refractivity contribution >= 4 is 45.9 Å². The molecule has 0 aliphatic carbocycles. The monoisotopic (exact) mass is 430 g/mol. The summed E-state index contributed by atoms with van der Waals surface area (Å²) in [7, 11) is 0. The molecule has 1 fully saturated rings. The van der Waals surface area contributed by atoms with E-state index in [2.05, 4.69) is 10.2 Å². The molecule has 3 aromatic rings. The first kappa shape index (κ1) is 20.0. The standard InChI is InChI=1S/C24H22N4O4/c29-21-14-28(20-10-4-3-9-19(20)25-21)22(30)15-32-24(31)17-13-16-7-1-2-8-18(16)26-23(17)27-11-5-6-12-27/h1-4,7-10,13H,5-6,11-12,14-15H2,(H,25,29). The second kappa shape index (κ2) is 8.30. The number of hydrogen-bond acceptors (Lipinski definition) is 6. The lowest BCUT2D eigenvalue weighted by Gasteiger charge is -2.29. The normalized spacial score (nSPS) is 15.4. The highest BCUT2D eigenvalue weighted by molar-refractivity contribution is 6.10. The maximum absolute atomic E-state index is 13.0. The summed E-state index contributed by atoms with van der Waals surface area (Å²) >= 11 is 0. The summed E-state index contributed by atoms with van der Waals surface area (Å²) in [6.07, 6.45) is 2.08. The Morgan fingerprint density at radius 1 is 1.03 bits per heavy atom. The minimum absolute atomic E-state index is 0.121. The van der Waals surface area contributed by atoms with Crippen LogP contribution in [0, 0.1) is 0 Å². The van der Waals surface area contributed by atoms with Crippen molar-refractivity contribution in [2.45, 2.75) is 12.8 Å². The number of rotatable bonds is 4. The van der Waals surface area contributed by atoms with Crippen molar-refractivity contribution in [3.8, 4) is 0 Å². The molecule has 1 aromatic heterocycles. The third-order valence-electron chi connectivity index (χ3n) is 5.73. The van der Waals surface area contributed by atoms with Crippen LogP contribution in [0.2, 0.25) is 0 Å². The van der Waals surface area contributed by atoms with Gasteiger partial charge in [0.1, 0.15) is 17.9 Å². The van der Waals surface area contributed by atoms with Crippen LogP contribution in [0.25, 0.3) is 10.9 Å². The summed E-state index contributed by atoms with van der Waals surface area (Å²) in [4.78, 5) is 46.0. The zero-order chi connectivity index (χ0) is 22.1. The predicted molar refractivity (Wildman–Crippen MR) is 121 cm³/mol. The van der Waals surface area contributed by atoms with E-state index in [0.717, 1.165) is 36.8 Å². The average Bonchev–Trinajstić information content (AvgIpc) is 3.35. The van der Waals surface area contributed by atoms with Crippen LogP contribution in [-0.4, -0.2) is 49.0 Å². The van der Waals surface area contributed by atoms with Gasteiger partial charge in [-0.1, -0.05) is 30.3 Å². The number of ether oxygens (including phenoxy) is 1. The summed E-state index contributed by atoms with van der Waals surface area (Å²) in [5.74, 6) is -0.773. The molecule has 1 saturated heterocycles. The summed E-state index contributed by atoms with van der Waals surface area (Å²) in [6.45, 7) is 1.06. The lowest BCUT2D eigenvalue weighted by atomic mass is 10.1. The number of para-hydroxylation sites is 3. The van der Waals surface area contributed by atoms with E-state index in [1.54, 1.807) is 30.3 Å². The first-order chi connectivity index (χ1) is 15.6. The fourth-order valence-corrected chi connectivity index (χ4v) is 4.16. The second-order valence-corrected chi connectivity index (χ2v) is 7.87. The van der Waals surface area contributed by atoms with Gasteiger partial charge in [0, 0.05) is 18.5 Å². The summed E-state index contributed by atoms with van der Waals surface area (Å²) in [5, 5.41) is 3.57. The largest absolute Gasteiger partial charge is 0.452 e. The molecule has 0 radical (unpaired) electrons. The first-order valence-corrected chi connectivity index (χ1v) is 10.6. The summed E-state index contributed by atoms with van der Waals surface area (Å²) in [6, 6.07) is 16.4. The Morgan fingerprint density at radius 3 is 2.62 bits per heavy atom. The third kappa shape index (κ3) is 3.75. The van der Waals surface area contributed by atoms with E-state index >= 15 is 0 Å². The van der Waals surface area contributed by atoms with Crippen LogP contribution in [0.3, 0.4) is 0 Å². The van der Waals surface area contributed by atoms with Gasteiger partial charge in [0.15, 0.2) is 6.61 Å². The van der Waals surface area contributed by atoms with Crippen molar-refractivity contribution in [1.29, 1.82) is 0 Å². The molecule has 1 N–H and O–H groups in total. The number of aromatic nitrogens is 1. The van der Waals surface area contributed by atoms with E-state index in [1.807, 2.05) is 24.3 Å². The highest BCUT2D eigenvalue weighted by Gasteiger charge is 2.28. The fraction of sp³-hybridized carbons (Fsp3) is 0.250. The Kier molecular flexibility index (Phi) is 5.18. The maximum atomic E-state index is 13.0. The van der Waals surface area contributed by atoms with Crippen LogP contribution >= 0.6 is 0 Å². The van der Waals surface area contributed by atoms with Gasteiger partial charge in [0.05, 0.1) is 16.9 Å². The maximum Gasteiger partial charge on any atom is 0.342 e. The van der Waals surface area contributed by atoms with E-state index in [4.69, 9.17) is 9.72 Å². The number of anilines is 3. The van der Waals surface area contributed by atoms with Crippen LogP contribution in [0.4, 0.5) is 17.2 Å². The van der Waals surface area contributed by atoms with Crippen molar-refractivity contribution in [3.63, 3.8) is 0 Å². The molecule has 5 rings (SSSR count). The van der Waals surface area contributed by atoms with Crippen LogP contribution in [-0.2, 0) is 14.3 Å². The summed E-state index contributed by atoms with van der Waals surface area (Å²) in [5.41, 5.74) is 2.28. The van der Waals surface area contributed by atoms with Gasteiger partial charge in [0.2, 0.25) is 5.91 Å². The fourth-order valence-electron chi connectivity index (χ4n) is 4.16. The molecule has 0 saturated carbocycles. The smallest absolute Gasteiger partial charge is 0.342 e. The number of carbonyl (C=O) groups is 3. The minimum atomic E-state index is -0.603. The minimum Gasteiger partial charge on any atom is -0.452 e. The predicted octanol–water partition coefficient (Wildman–Crippen LogP) is 2.98. The van der Waals surface area contributed by atoms with Gasteiger partial charge in [-0.2, -0.15) is 0 Å². The number of amides is 2. The van der Waals surface area contributed by atoms with Crippen molar-refractivity contribution in [2.24, 2.45) is 0 Å². The Labute approximate surface area is 184 Å². The Bertz CT molecular complexity index is 1220. The molecule has 0 bridgehead atoms. The molecule has 0 atom stereocenters. The van der Waals surface area contributed by atoms with Gasteiger partial charge in [-0.25, -0.2) is 9.78 Å². The zero-order valence-electron chi connectivity index (χ0n) is 17.4. The van der Waals surface area contributed by atoms with Crippen LogP contribution in [0.15, 0.2) is 54.6 Å². The number of pyridine rings is 1. The summed E-state index contributed by atoms with van der Waals surface area (Å²) < 4.78 is 5.41. The van der Waals surface area contributed by atoms with Crippen molar-refractivity contribution in [1.82, 2.24) is 4.98 Å². The molecule has 2 amide bonds. The first-order valence-electron chi connectivity index (χ1n) is 10.6. The lowest BCUT2D eigenvalue weighted by molar-refractivity contribution is -0.124. The molecule has 32 heavy (non-hydrogen) atoms. The number of esters is 1. The van der Waals surface area contributed by atoms with Gasteiger partial charge in [0.25, 0.3) is 5.91 Å². The number of nitrogens with one attached hydrogen (secondary N) is 1. The molecular formula is C24H22N4O4. The topological polar surface area (TPSA) is 91.8 Å².